The molecule has 0 aromatic carbocycles. The first kappa shape index (κ1) is 27.5. The molecule has 2 saturated heterocycles. The zero-order valence-electron chi connectivity index (χ0n) is 21.6. The minimum atomic E-state index is -1.10. The molecule has 2 aliphatic heterocycles. The number of aromatic nitrogens is 1. The Hall–Kier alpha value is -2.08. The monoisotopic (exact) mass is 502 g/mol. The van der Waals surface area contributed by atoms with E-state index in [9.17, 15) is 20.0 Å². The highest BCUT2D eigenvalue weighted by Crippen LogP contribution is 2.38. The van der Waals surface area contributed by atoms with Crippen LogP contribution in [-0.4, -0.2) is 46.3 Å². The normalized spacial score (nSPS) is 35.0. The quantitative estimate of drug-likeness (QED) is 0.453. The maximum absolute atomic E-state index is 13.3. The number of carbonyl (C=O) groups excluding carboxylic acids is 2. The van der Waals surface area contributed by atoms with Crippen LogP contribution in [0, 0.1) is 41.4 Å². The summed E-state index contributed by atoms with van der Waals surface area (Å²) in [5, 5.41) is 23.6. The van der Waals surface area contributed by atoms with E-state index in [-0.39, 0.29) is 30.3 Å². The molecule has 3 heterocycles. The minimum Gasteiger partial charge on any atom is -0.458 e. The molecule has 0 radical (unpaired) electrons. The number of cyclic esters (lactones) is 1. The van der Waals surface area contributed by atoms with E-state index in [0.29, 0.717) is 6.42 Å². The summed E-state index contributed by atoms with van der Waals surface area (Å²) < 4.78 is 11.8. The number of ketones is 1. The largest absolute Gasteiger partial charge is 0.458 e. The van der Waals surface area contributed by atoms with Gasteiger partial charge in [0.05, 0.1) is 47.4 Å². The van der Waals surface area contributed by atoms with Crippen molar-refractivity contribution in [3.8, 4) is 6.07 Å². The van der Waals surface area contributed by atoms with Crippen molar-refractivity contribution in [2.45, 2.75) is 98.1 Å². The summed E-state index contributed by atoms with van der Waals surface area (Å²) in [6, 6.07) is 2.16. The van der Waals surface area contributed by atoms with Gasteiger partial charge < -0.3 is 14.6 Å². The number of ether oxygens (including phenoxy) is 2. The van der Waals surface area contributed by atoms with Crippen LogP contribution < -0.4 is 0 Å². The van der Waals surface area contributed by atoms with Crippen LogP contribution in [-0.2, 0) is 19.1 Å². The molecule has 0 bridgehead atoms. The van der Waals surface area contributed by atoms with Crippen molar-refractivity contribution < 1.29 is 24.2 Å². The van der Waals surface area contributed by atoms with Gasteiger partial charge in [0.25, 0.3) is 0 Å². The Morgan fingerprint density at radius 1 is 1.29 bits per heavy atom. The molecule has 0 amide bonds. The molecule has 7 atom stereocenters. The Balaban J connectivity index is 1.85. The highest BCUT2D eigenvalue weighted by atomic mass is 32.1. The molecule has 8 heteroatoms. The predicted octanol–water partition coefficient (Wildman–Crippen LogP) is 4.87. The number of rotatable bonds is 2. The second kappa shape index (κ2) is 11.3. The number of aliphatic hydroxyl groups excluding tert-OH is 1. The zero-order valence-corrected chi connectivity index (χ0v) is 22.4. The number of thiazole rings is 1. The van der Waals surface area contributed by atoms with Crippen LogP contribution >= 0.6 is 11.3 Å². The summed E-state index contributed by atoms with van der Waals surface area (Å²) in [5.74, 6) is -2.28. The van der Waals surface area contributed by atoms with E-state index in [2.05, 4.69) is 11.1 Å². The summed E-state index contributed by atoms with van der Waals surface area (Å²) in [5.41, 5.74) is 0.589. The standard InChI is InChI=1S/C27H38N2O5S/c1-15-8-7-9-21-23(33-21)12-22(16(2)10-20-14-35-18(4)29-20)34-24(30)11-19(13-28)27(5,6)26(32)17(3)25(15)31/h10,14-15,17,19,21-23,25,31H,7-9,11-12H2,1-6H3/b16-10+/t15-,17+,19+,21+,22-,23-,25-/m0/s1. The van der Waals surface area contributed by atoms with E-state index in [4.69, 9.17) is 9.47 Å². The van der Waals surface area contributed by atoms with Gasteiger partial charge in [0.2, 0.25) is 0 Å². The first-order chi connectivity index (χ1) is 16.4. The van der Waals surface area contributed by atoms with E-state index in [1.165, 1.54) is 0 Å². The maximum Gasteiger partial charge on any atom is 0.307 e. The number of aryl methyl sites for hydroxylation is 1. The average Bonchev–Trinajstić information content (AvgIpc) is 3.42. The Bertz CT molecular complexity index is 994. The van der Waals surface area contributed by atoms with Crippen LogP contribution in [0.1, 0.15) is 77.4 Å². The summed E-state index contributed by atoms with van der Waals surface area (Å²) in [6.45, 7) is 10.9. The second-order valence-corrected chi connectivity index (χ2v) is 11.8. The molecule has 3 rings (SSSR count). The van der Waals surface area contributed by atoms with E-state index < -0.39 is 35.4 Å². The first-order valence-electron chi connectivity index (χ1n) is 12.5. The molecular weight excluding hydrogens is 464 g/mol. The van der Waals surface area contributed by atoms with Crippen LogP contribution in [0.25, 0.3) is 6.08 Å². The summed E-state index contributed by atoms with van der Waals surface area (Å²) in [6.07, 6.45) is 3.61. The van der Waals surface area contributed by atoms with Gasteiger partial charge >= 0.3 is 5.97 Å². The Morgan fingerprint density at radius 3 is 2.63 bits per heavy atom. The number of nitrogens with zero attached hydrogens (tertiary/aromatic N) is 2. The van der Waals surface area contributed by atoms with Gasteiger partial charge in [-0.25, -0.2) is 4.98 Å². The molecule has 7 nitrogen and oxygen atoms in total. The fourth-order valence-corrected chi connectivity index (χ4v) is 5.57. The number of Topliss-reactive ketones (excluding diaryl/α,β-unsaturated/α-hetero) is 1. The van der Waals surface area contributed by atoms with Crippen molar-refractivity contribution >= 4 is 29.2 Å². The SMILES string of the molecule is C/C(=C\c1csc(C)n1)[C@@H]1C[C@@H]2O[C@@H]2CCC[C@H](C)[C@H](O)[C@@H](C)C(=O)C(C)(C)[C@@H](C#N)CC(=O)O1. The average molecular weight is 503 g/mol. The molecule has 0 aliphatic carbocycles. The number of esters is 1. The molecule has 2 fully saturated rings. The van der Waals surface area contributed by atoms with Crippen LogP contribution in [0.15, 0.2) is 11.0 Å². The summed E-state index contributed by atoms with van der Waals surface area (Å²) in [4.78, 5) is 30.8. The minimum absolute atomic E-state index is 0.00478. The van der Waals surface area contributed by atoms with Crippen molar-refractivity contribution in [2.75, 3.05) is 0 Å². The van der Waals surface area contributed by atoms with Gasteiger partial charge in [-0.15, -0.1) is 11.3 Å². The predicted molar refractivity (Wildman–Crippen MR) is 134 cm³/mol. The fraction of sp³-hybridized carbons (Fsp3) is 0.704. The van der Waals surface area contributed by atoms with E-state index in [1.807, 2.05) is 32.2 Å². The fourth-order valence-electron chi connectivity index (χ4n) is 5.00. The zero-order chi connectivity index (χ0) is 25.9. The highest BCUT2D eigenvalue weighted by Gasteiger charge is 2.45. The van der Waals surface area contributed by atoms with Gasteiger partial charge in [0, 0.05) is 23.1 Å². The van der Waals surface area contributed by atoms with Crippen LogP contribution in [0.2, 0.25) is 0 Å². The van der Waals surface area contributed by atoms with Crippen LogP contribution in [0.5, 0.6) is 0 Å². The second-order valence-electron chi connectivity index (χ2n) is 10.8. The van der Waals surface area contributed by atoms with Crippen molar-refractivity contribution in [3.05, 3.63) is 21.7 Å². The topological polar surface area (TPSA) is 113 Å². The van der Waals surface area contributed by atoms with Crippen LogP contribution in [0.3, 0.4) is 0 Å². The van der Waals surface area contributed by atoms with Gasteiger partial charge in [-0.05, 0) is 44.3 Å². The molecule has 2 aliphatic rings. The van der Waals surface area contributed by atoms with Crippen molar-refractivity contribution in [1.82, 2.24) is 4.98 Å². The summed E-state index contributed by atoms with van der Waals surface area (Å²) >= 11 is 1.56. The summed E-state index contributed by atoms with van der Waals surface area (Å²) in [7, 11) is 0. The van der Waals surface area contributed by atoms with Gasteiger partial charge in [0.15, 0.2) is 0 Å². The molecule has 1 aromatic rings. The molecule has 1 N–H and O–H groups in total. The molecule has 35 heavy (non-hydrogen) atoms. The van der Waals surface area contributed by atoms with Gasteiger partial charge in [-0.1, -0.05) is 34.1 Å². The number of hydrogen-bond donors (Lipinski definition) is 1. The lowest BCUT2D eigenvalue weighted by atomic mass is 9.69. The number of hydrogen-bond acceptors (Lipinski definition) is 8. The Labute approximate surface area is 212 Å². The third-order valence-corrected chi connectivity index (χ3v) is 8.41. The van der Waals surface area contributed by atoms with Gasteiger partial charge in [0.1, 0.15) is 11.9 Å². The third kappa shape index (κ3) is 6.78. The van der Waals surface area contributed by atoms with Crippen molar-refractivity contribution in [2.24, 2.45) is 23.2 Å². The number of aliphatic hydroxyl groups is 1. The number of epoxide rings is 1. The van der Waals surface area contributed by atoms with E-state index >= 15 is 0 Å². The smallest absolute Gasteiger partial charge is 0.307 e. The van der Waals surface area contributed by atoms with Crippen LogP contribution in [0.4, 0.5) is 0 Å². The Kier molecular flexibility index (Phi) is 8.90. The van der Waals surface area contributed by atoms with Crippen molar-refractivity contribution in [1.29, 1.82) is 5.26 Å². The molecule has 0 unspecified atom stereocenters. The molecule has 0 saturated carbocycles. The van der Waals surface area contributed by atoms with E-state index in [1.54, 1.807) is 32.1 Å². The lowest BCUT2D eigenvalue weighted by molar-refractivity contribution is -0.150. The molecule has 0 spiro atoms. The number of fused-ring (bicyclic) bond motifs is 1. The molecule has 192 valence electrons. The number of nitriles is 1. The van der Waals surface area contributed by atoms with Gasteiger partial charge in [-0.3, -0.25) is 9.59 Å². The highest BCUT2D eigenvalue weighted by molar-refractivity contribution is 7.09. The van der Waals surface area contributed by atoms with Crippen molar-refractivity contribution in [3.63, 3.8) is 0 Å². The lowest BCUT2D eigenvalue weighted by Crippen LogP contribution is -2.43. The Morgan fingerprint density at radius 2 is 2.00 bits per heavy atom. The number of carbonyl (C=O) groups is 2. The van der Waals surface area contributed by atoms with Gasteiger partial charge in [-0.2, -0.15) is 5.26 Å². The molecule has 1 aromatic heterocycles. The third-order valence-electron chi connectivity index (χ3n) is 7.62. The van der Waals surface area contributed by atoms with E-state index in [0.717, 1.165) is 35.5 Å². The maximum atomic E-state index is 13.3. The first-order valence-corrected chi connectivity index (χ1v) is 13.4. The lowest BCUT2D eigenvalue weighted by Gasteiger charge is -2.34. The molecular formula is C27H38N2O5S.